The molecule has 1 rings (SSSR count). The zero-order valence-electron chi connectivity index (χ0n) is 9.77. The summed E-state index contributed by atoms with van der Waals surface area (Å²) in [6.07, 6.45) is 0. The van der Waals surface area contributed by atoms with Crippen LogP contribution in [-0.4, -0.2) is 39.1 Å². The van der Waals surface area contributed by atoms with Gasteiger partial charge in [0, 0.05) is 25.7 Å². The quantitative estimate of drug-likeness (QED) is 0.794. The second-order valence-electron chi connectivity index (χ2n) is 3.76. The third kappa shape index (κ3) is 4.07. The van der Waals surface area contributed by atoms with E-state index in [0.29, 0.717) is 22.9 Å². The van der Waals surface area contributed by atoms with Gasteiger partial charge in [0.15, 0.2) is 0 Å². The first-order chi connectivity index (χ1) is 7.83. The molecular weight excluding hydrogens is 262 g/mol. The Morgan fingerprint density at radius 1 is 1.41 bits per heavy atom. The lowest BCUT2D eigenvalue weighted by Gasteiger charge is -2.13. The molecule has 0 atom stereocenters. The predicted octanol–water partition coefficient (Wildman–Crippen LogP) is 1.23. The second kappa shape index (κ2) is 5.57. The van der Waals surface area contributed by atoms with Gasteiger partial charge in [-0.15, -0.1) is 0 Å². The highest BCUT2D eigenvalue weighted by Gasteiger charge is 2.12. The number of hydrogen-bond donors (Lipinski definition) is 2. The van der Waals surface area contributed by atoms with Crippen molar-refractivity contribution in [2.75, 3.05) is 37.4 Å². The van der Waals surface area contributed by atoms with Crippen molar-refractivity contribution in [3.8, 4) is 0 Å². The largest absolute Gasteiger partial charge is 0.397 e. The van der Waals surface area contributed by atoms with Gasteiger partial charge in [-0.3, -0.25) is 0 Å². The molecule has 1 aromatic rings. The topological polar surface area (TPSA) is 75.4 Å². The van der Waals surface area contributed by atoms with Crippen LogP contribution in [0.3, 0.4) is 0 Å². The Balaban J connectivity index is 2.58. The van der Waals surface area contributed by atoms with E-state index in [-0.39, 0.29) is 5.75 Å². The lowest BCUT2D eigenvalue weighted by atomic mass is 10.3. The summed E-state index contributed by atoms with van der Waals surface area (Å²) >= 11 is 5.75. The van der Waals surface area contributed by atoms with Gasteiger partial charge in [-0.2, -0.15) is 0 Å². The van der Waals surface area contributed by atoms with Crippen molar-refractivity contribution in [3.05, 3.63) is 23.2 Å². The van der Waals surface area contributed by atoms with E-state index in [1.807, 2.05) is 0 Å². The van der Waals surface area contributed by atoms with Crippen molar-refractivity contribution >= 4 is 33.0 Å². The number of nitrogen functional groups attached to an aromatic ring is 1. The van der Waals surface area contributed by atoms with Crippen LogP contribution in [0.1, 0.15) is 0 Å². The Morgan fingerprint density at radius 3 is 2.59 bits per heavy atom. The van der Waals surface area contributed by atoms with Gasteiger partial charge < -0.3 is 11.1 Å². The van der Waals surface area contributed by atoms with Crippen LogP contribution in [0.4, 0.5) is 11.4 Å². The molecule has 96 valence electrons. The maximum Gasteiger partial charge on any atom is 0.215 e. The average molecular weight is 278 g/mol. The molecule has 0 heterocycles. The summed E-state index contributed by atoms with van der Waals surface area (Å²) in [4.78, 5) is 0. The minimum atomic E-state index is -3.19. The van der Waals surface area contributed by atoms with E-state index >= 15 is 0 Å². The van der Waals surface area contributed by atoms with Gasteiger partial charge in [0.05, 0.1) is 17.1 Å². The van der Waals surface area contributed by atoms with Crippen molar-refractivity contribution in [1.82, 2.24) is 4.31 Å². The van der Waals surface area contributed by atoms with Gasteiger partial charge in [0.2, 0.25) is 10.0 Å². The van der Waals surface area contributed by atoms with E-state index in [1.54, 1.807) is 18.2 Å². The average Bonchev–Trinajstić information content (AvgIpc) is 2.21. The van der Waals surface area contributed by atoms with Crippen molar-refractivity contribution in [2.24, 2.45) is 0 Å². The molecule has 0 saturated carbocycles. The highest BCUT2D eigenvalue weighted by Crippen LogP contribution is 2.22. The fourth-order valence-corrected chi connectivity index (χ4v) is 2.10. The Bertz CT molecular complexity index is 488. The molecule has 0 radical (unpaired) electrons. The number of nitrogens with two attached hydrogens (primary N) is 1. The number of nitrogens with zero attached hydrogens (tertiary/aromatic N) is 1. The molecule has 3 N–H and O–H groups in total. The van der Waals surface area contributed by atoms with Crippen molar-refractivity contribution in [2.45, 2.75) is 0 Å². The van der Waals surface area contributed by atoms with Crippen molar-refractivity contribution < 1.29 is 8.42 Å². The number of sulfonamides is 1. The minimum absolute atomic E-state index is 0.0159. The van der Waals surface area contributed by atoms with Gasteiger partial charge in [0.25, 0.3) is 0 Å². The third-order valence-electron chi connectivity index (χ3n) is 2.25. The number of nitrogens with one attached hydrogen (secondary N) is 1. The Labute approximate surface area is 107 Å². The fraction of sp³-hybridized carbons (Fsp3) is 0.400. The summed E-state index contributed by atoms with van der Waals surface area (Å²) in [6, 6.07) is 5.03. The molecule has 0 aromatic heterocycles. The molecule has 0 fully saturated rings. The molecule has 1 aromatic carbocycles. The normalized spacial score (nSPS) is 11.8. The Kier molecular flexibility index (Phi) is 4.62. The number of hydrogen-bond acceptors (Lipinski definition) is 4. The molecular formula is C10H16ClN3O2S. The van der Waals surface area contributed by atoms with E-state index in [1.165, 1.54) is 18.4 Å². The fourth-order valence-electron chi connectivity index (χ4n) is 1.19. The molecule has 0 spiro atoms. The summed E-state index contributed by atoms with van der Waals surface area (Å²) in [5.74, 6) is 0.0159. The molecule has 0 bridgehead atoms. The third-order valence-corrected chi connectivity index (χ3v) is 4.31. The van der Waals surface area contributed by atoms with Crippen molar-refractivity contribution in [3.63, 3.8) is 0 Å². The van der Waals surface area contributed by atoms with Crippen LogP contribution in [0, 0.1) is 0 Å². The maximum absolute atomic E-state index is 11.5. The van der Waals surface area contributed by atoms with Crippen LogP contribution in [0.2, 0.25) is 5.02 Å². The molecule has 0 aliphatic rings. The molecule has 0 aliphatic carbocycles. The highest BCUT2D eigenvalue weighted by molar-refractivity contribution is 7.89. The molecule has 0 unspecified atom stereocenters. The molecule has 0 saturated heterocycles. The summed E-state index contributed by atoms with van der Waals surface area (Å²) in [7, 11) is -0.174. The first kappa shape index (κ1) is 14.1. The second-order valence-corrected chi connectivity index (χ2v) is 6.50. The molecule has 0 aliphatic heterocycles. The smallest absolute Gasteiger partial charge is 0.215 e. The van der Waals surface area contributed by atoms with Crippen LogP contribution in [0.15, 0.2) is 18.2 Å². The van der Waals surface area contributed by atoms with Crippen LogP contribution >= 0.6 is 11.6 Å². The molecule has 0 amide bonds. The zero-order valence-corrected chi connectivity index (χ0v) is 11.3. The van der Waals surface area contributed by atoms with E-state index in [4.69, 9.17) is 17.3 Å². The van der Waals surface area contributed by atoms with Crippen LogP contribution in [0.25, 0.3) is 0 Å². The first-order valence-electron chi connectivity index (χ1n) is 5.02. The molecule has 17 heavy (non-hydrogen) atoms. The highest BCUT2D eigenvalue weighted by atomic mass is 35.5. The van der Waals surface area contributed by atoms with E-state index in [0.717, 1.165) is 0 Å². The van der Waals surface area contributed by atoms with Gasteiger partial charge in [-0.05, 0) is 18.2 Å². The summed E-state index contributed by atoms with van der Waals surface area (Å²) in [5, 5.41) is 3.51. The Hall–Kier alpha value is -0.980. The Morgan fingerprint density at radius 2 is 2.06 bits per heavy atom. The van der Waals surface area contributed by atoms with E-state index < -0.39 is 10.0 Å². The van der Waals surface area contributed by atoms with E-state index in [9.17, 15) is 8.42 Å². The molecule has 5 nitrogen and oxygen atoms in total. The number of halogens is 1. The minimum Gasteiger partial charge on any atom is -0.397 e. The predicted molar refractivity (Wildman–Crippen MR) is 71.8 cm³/mol. The summed E-state index contributed by atoms with van der Waals surface area (Å²) in [6.45, 7) is 0.298. The summed E-state index contributed by atoms with van der Waals surface area (Å²) in [5.41, 5.74) is 6.91. The SMILES string of the molecule is CN(C)S(=O)(=O)CCNc1ccc(Cl)cc1N. The lowest BCUT2D eigenvalue weighted by Crippen LogP contribution is -2.28. The first-order valence-corrected chi connectivity index (χ1v) is 7.01. The monoisotopic (exact) mass is 277 g/mol. The van der Waals surface area contributed by atoms with Crippen molar-refractivity contribution in [1.29, 1.82) is 0 Å². The standard InChI is InChI=1S/C10H16ClN3O2S/c1-14(2)17(15,16)6-5-13-10-4-3-8(11)7-9(10)12/h3-4,7,13H,5-6,12H2,1-2H3. The van der Waals surface area contributed by atoms with Gasteiger partial charge in [0.1, 0.15) is 0 Å². The van der Waals surface area contributed by atoms with Gasteiger partial charge in [-0.1, -0.05) is 11.6 Å². The van der Waals surface area contributed by atoms with Crippen LogP contribution in [0.5, 0.6) is 0 Å². The van der Waals surface area contributed by atoms with Crippen LogP contribution in [-0.2, 0) is 10.0 Å². The number of anilines is 2. The number of benzene rings is 1. The van der Waals surface area contributed by atoms with E-state index in [2.05, 4.69) is 5.32 Å². The lowest BCUT2D eigenvalue weighted by molar-refractivity contribution is 0.521. The van der Waals surface area contributed by atoms with Gasteiger partial charge in [-0.25, -0.2) is 12.7 Å². The molecule has 7 heteroatoms. The number of rotatable bonds is 5. The maximum atomic E-state index is 11.5. The summed E-state index contributed by atoms with van der Waals surface area (Å²) < 4.78 is 24.2. The van der Waals surface area contributed by atoms with Gasteiger partial charge >= 0.3 is 0 Å². The van der Waals surface area contributed by atoms with Crippen LogP contribution < -0.4 is 11.1 Å². The zero-order chi connectivity index (χ0) is 13.1.